The van der Waals surface area contributed by atoms with Gasteiger partial charge in [0.1, 0.15) is 17.6 Å². The molecule has 2 amide bonds. The molecule has 2 heterocycles. The van der Waals surface area contributed by atoms with E-state index in [-0.39, 0.29) is 36.5 Å². The molecule has 2 aliphatic heterocycles. The number of carboxylic acid groups (broad SMARTS) is 1. The Kier molecular flexibility index (Phi) is 6.40. The van der Waals surface area contributed by atoms with Crippen LogP contribution in [0.1, 0.15) is 40.6 Å². The molecule has 34 heavy (non-hydrogen) atoms. The van der Waals surface area contributed by atoms with Crippen LogP contribution in [-0.2, 0) is 25.5 Å². The fourth-order valence-corrected chi connectivity index (χ4v) is 4.36. The van der Waals surface area contributed by atoms with Crippen LogP contribution >= 0.6 is 0 Å². The van der Waals surface area contributed by atoms with Gasteiger partial charge < -0.3 is 24.6 Å². The summed E-state index contributed by atoms with van der Waals surface area (Å²) in [4.78, 5) is 51.6. The highest BCUT2D eigenvalue weighted by Crippen LogP contribution is 2.45. The predicted octanol–water partition coefficient (Wildman–Crippen LogP) is 1.68. The standard InChI is InChI=1S/C24H24N2O8/c1-32-17-10-8-14-19(20(17)33-2)24(31)34-22(14)26-16(9-11-18(26)27)21(28)25-15(23(29)30)12-13-6-4-3-5-7-13/h3-8,10,15-16,22H,9,11-12H2,1-2H3,(H,25,28)(H,29,30)/t15-,16-,22-/m0/s1. The van der Waals surface area contributed by atoms with Gasteiger partial charge in [-0.2, -0.15) is 0 Å². The number of fused-ring (bicyclic) bond motifs is 1. The number of hydrogen-bond acceptors (Lipinski definition) is 7. The van der Waals surface area contributed by atoms with Crippen LogP contribution in [0.3, 0.4) is 0 Å². The zero-order valence-electron chi connectivity index (χ0n) is 18.6. The Bertz CT molecular complexity index is 1130. The number of benzene rings is 2. The minimum absolute atomic E-state index is 0.0607. The lowest BCUT2D eigenvalue weighted by Crippen LogP contribution is -2.51. The van der Waals surface area contributed by atoms with Crippen LogP contribution in [-0.4, -0.2) is 60.1 Å². The number of amides is 2. The summed E-state index contributed by atoms with van der Waals surface area (Å²) in [5.74, 6) is -2.40. The third-order valence-corrected chi connectivity index (χ3v) is 5.97. The number of likely N-dealkylation sites (tertiary alicyclic amines) is 1. The van der Waals surface area contributed by atoms with Gasteiger partial charge in [0.25, 0.3) is 0 Å². The summed E-state index contributed by atoms with van der Waals surface area (Å²) in [5.41, 5.74) is 1.24. The number of aliphatic carboxylic acids is 1. The molecule has 1 fully saturated rings. The topological polar surface area (TPSA) is 131 Å². The van der Waals surface area contributed by atoms with Crippen molar-refractivity contribution in [2.45, 2.75) is 37.6 Å². The van der Waals surface area contributed by atoms with Crippen molar-refractivity contribution in [3.63, 3.8) is 0 Å². The van der Waals surface area contributed by atoms with Gasteiger partial charge in [0.05, 0.1) is 14.2 Å². The van der Waals surface area contributed by atoms with E-state index < -0.39 is 36.2 Å². The average molecular weight is 468 g/mol. The van der Waals surface area contributed by atoms with Crippen LogP contribution in [0, 0.1) is 0 Å². The lowest BCUT2D eigenvalue weighted by molar-refractivity contribution is -0.147. The number of esters is 1. The molecule has 2 aromatic carbocycles. The highest BCUT2D eigenvalue weighted by atomic mass is 16.6. The fraction of sp³-hybridized carbons (Fsp3) is 0.333. The monoisotopic (exact) mass is 468 g/mol. The molecule has 0 spiro atoms. The second-order valence-electron chi connectivity index (χ2n) is 7.97. The van der Waals surface area contributed by atoms with Crippen molar-refractivity contribution in [1.82, 2.24) is 10.2 Å². The predicted molar refractivity (Wildman–Crippen MR) is 117 cm³/mol. The summed E-state index contributed by atoms with van der Waals surface area (Å²) in [6, 6.07) is 9.90. The van der Waals surface area contributed by atoms with Crippen molar-refractivity contribution in [2.75, 3.05) is 14.2 Å². The van der Waals surface area contributed by atoms with Crippen LogP contribution in [0.4, 0.5) is 0 Å². The number of rotatable bonds is 8. The van der Waals surface area contributed by atoms with Crippen molar-refractivity contribution < 1.29 is 38.5 Å². The lowest BCUT2D eigenvalue weighted by Gasteiger charge is -2.30. The van der Waals surface area contributed by atoms with Gasteiger partial charge in [0, 0.05) is 18.4 Å². The Hall–Kier alpha value is -4.08. The number of carbonyl (C=O) groups is 4. The van der Waals surface area contributed by atoms with E-state index in [1.54, 1.807) is 36.4 Å². The number of carboxylic acids is 1. The number of methoxy groups -OCH3 is 2. The maximum absolute atomic E-state index is 13.1. The van der Waals surface area contributed by atoms with Gasteiger partial charge in [0.15, 0.2) is 11.5 Å². The van der Waals surface area contributed by atoms with Gasteiger partial charge in [-0.05, 0) is 24.1 Å². The molecule has 0 bridgehead atoms. The Morgan fingerprint density at radius 3 is 2.53 bits per heavy atom. The summed E-state index contributed by atoms with van der Waals surface area (Å²) in [6.07, 6.45) is -0.823. The maximum atomic E-state index is 13.1. The second kappa shape index (κ2) is 9.42. The first kappa shape index (κ1) is 23.1. The first-order valence-electron chi connectivity index (χ1n) is 10.7. The van der Waals surface area contributed by atoms with Gasteiger partial charge in [-0.1, -0.05) is 30.3 Å². The van der Waals surface area contributed by atoms with Crippen molar-refractivity contribution >= 4 is 23.8 Å². The van der Waals surface area contributed by atoms with Crippen LogP contribution in [0.2, 0.25) is 0 Å². The number of ether oxygens (including phenoxy) is 3. The molecule has 178 valence electrons. The molecule has 1 saturated heterocycles. The van der Waals surface area contributed by atoms with Gasteiger partial charge >= 0.3 is 11.9 Å². The Labute approximate surface area is 195 Å². The van der Waals surface area contributed by atoms with E-state index in [0.29, 0.717) is 11.3 Å². The van der Waals surface area contributed by atoms with E-state index >= 15 is 0 Å². The van der Waals surface area contributed by atoms with Gasteiger partial charge in [-0.25, -0.2) is 9.59 Å². The number of carbonyl (C=O) groups excluding carboxylic acids is 3. The number of nitrogens with zero attached hydrogens (tertiary/aromatic N) is 1. The molecule has 4 rings (SSSR count). The normalized spacial score (nSPS) is 19.9. The van der Waals surface area contributed by atoms with Crippen LogP contribution in [0.5, 0.6) is 11.5 Å². The highest BCUT2D eigenvalue weighted by Gasteiger charge is 2.48. The molecule has 10 heteroatoms. The fourth-order valence-electron chi connectivity index (χ4n) is 4.36. The van der Waals surface area contributed by atoms with Crippen LogP contribution in [0.15, 0.2) is 42.5 Å². The number of cyclic esters (lactones) is 1. The van der Waals surface area contributed by atoms with Gasteiger partial charge in [-0.3, -0.25) is 14.5 Å². The lowest BCUT2D eigenvalue weighted by atomic mass is 10.0. The van der Waals surface area contributed by atoms with Gasteiger partial charge in [-0.15, -0.1) is 0 Å². The minimum atomic E-state index is -1.19. The maximum Gasteiger partial charge on any atom is 0.344 e. The molecule has 0 aliphatic carbocycles. The van der Waals surface area contributed by atoms with Crippen molar-refractivity contribution in [1.29, 1.82) is 0 Å². The second-order valence-corrected chi connectivity index (χ2v) is 7.97. The average Bonchev–Trinajstić information content (AvgIpc) is 3.37. The van der Waals surface area contributed by atoms with Crippen LogP contribution < -0.4 is 14.8 Å². The molecule has 0 saturated carbocycles. The van der Waals surface area contributed by atoms with E-state index in [2.05, 4.69) is 5.32 Å². The largest absolute Gasteiger partial charge is 0.493 e. The first-order chi connectivity index (χ1) is 16.3. The van der Waals surface area contributed by atoms with Gasteiger partial charge in [0.2, 0.25) is 18.0 Å². The Morgan fingerprint density at radius 1 is 1.15 bits per heavy atom. The van der Waals surface area contributed by atoms with E-state index in [0.717, 1.165) is 5.56 Å². The zero-order chi connectivity index (χ0) is 24.4. The Morgan fingerprint density at radius 2 is 1.88 bits per heavy atom. The molecular weight excluding hydrogens is 444 g/mol. The van der Waals surface area contributed by atoms with E-state index in [1.165, 1.54) is 19.1 Å². The van der Waals surface area contributed by atoms with Crippen molar-refractivity contribution in [2.24, 2.45) is 0 Å². The SMILES string of the molecule is COc1ccc2c(c1OC)C(=O)O[C@@H]2N1C(=O)CC[C@H]1C(=O)N[C@@H](Cc1ccccc1)C(=O)O. The zero-order valence-corrected chi connectivity index (χ0v) is 18.6. The minimum Gasteiger partial charge on any atom is -0.493 e. The van der Waals surface area contributed by atoms with E-state index in [1.807, 2.05) is 6.07 Å². The quantitative estimate of drug-likeness (QED) is 0.560. The smallest absolute Gasteiger partial charge is 0.344 e. The summed E-state index contributed by atoms with van der Waals surface area (Å²) in [6.45, 7) is 0. The first-order valence-corrected chi connectivity index (χ1v) is 10.7. The molecule has 2 aliphatic rings. The number of hydrogen-bond donors (Lipinski definition) is 2. The molecular formula is C24H24N2O8. The van der Waals surface area contributed by atoms with E-state index in [4.69, 9.17) is 14.2 Å². The van der Waals surface area contributed by atoms with Crippen molar-refractivity contribution in [3.8, 4) is 11.5 Å². The van der Waals surface area contributed by atoms with Crippen LogP contribution in [0.25, 0.3) is 0 Å². The number of nitrogens with one attached hydrogen (secondary N) is 1. The molecule has 2 aromatic rings. The molecule has 0 unspecified atom stereocenters. The molecule has 3 atom stereocenters. The molecule has 2 N–H and O–H groups in total. The summed E-state index contributed by atoms with van der Waals surface area (Å²) in [5, 5.41) is 12.2. The molecule has 0 aromatic heterocycles. The summed E-state index contributed by atoms with van der Waals surface area (Å²) < 4.78 is 16.0. The Balaban J connectivity index is 1.59. The highest BCUT2D eigenvalue weighted by molar-refractivity contribution is 5.99. The van der Waals surface area contributed by atoms with E-state index in [9.17, 15) is 24.3 Å². The molecule has 0 radical (unpaired) electrons. The third kappa shape index (κ3) is 4.14. The molecule has 10 nitrogen and oxygen atoms in total. The summed E-state index contributed by atoms with van der Waals surface area (Å²) >= 11 is 0. The third-order valence-electron chi connectivity index (χ3n) is 5.97. The van der Waals surface area contributed by atoms with Crippen molar-refractivity contribution in [3.05, 3.63) is 59.2 Å². The summed E-state index contributed by atoms with van der Waals surface area (Å²) in [7, 11) is 2.81.